The van der Waals surface area contributed by atoms with Crippen LogP contribution < -0.4 is 5.32 Å². The lowest BCUT2D eigenvalue weighted by Gasteiger charge is -2.18. The van der Waals surface area contributed by atoms with Gasteiger partial charge in [-0.15, -0.1) is 21.5 Å². The number of anilines is 1. The van der Waals surface area contributed by atoms with Gasteiger partial charge >= 0.3 is 5.97 Å². The quantitative estimate of drug-likeness (QED) is 0.349. The maximum atomic E-state index is 12.6. The van der Waals surface area contributed by atoms with Crippen LogP contribution in [0.25, 0.3) is 11.5 Å². The van der Waals surface area contributed by atoms with E-state index in [0.717, 1.165) is 47.0 Å². The second kappa shape index (κ2) is 9.69. The van der Waals surface area contributed by atoms with E-state index in [-0.39, 0.29) is 23.0 Å². The smallest absolute Gasteiger partial charge is 0.341 e. The topological polar surface area (TPSA) is 94.3 Å². The number of nitrogens with one attached hydrogen (secondary N) is 1. The van der Waals surface area contributed by atoms with E-state index in [2.05, 4.69) is 48.4 Å². The minimum atomic E-state index is -0.376. The molecule has 1 aliphatic rings. The molecule has 0 saturated carbocycles. The molecule has 0 saturated heterocycles. The number of ether oxygens (including phenoxy) is 1. The Balaban J connectivity index is 1.39. The van der Waals surface area contributed by atoms with Crippen LogP contribution in [-0.2, 0) is 27.8 Å². The Labute approximate surface area is 201 Å². The Morgan fingerprint density at radius 2 is 1.94 bits per heavy atom. The summed E-state index contributed by atoms with van der Waals surface area (Å²) in [6.07, 6.45) is 2.79. The van der Waals surface area contributed by atoms with Crippen LogP contribution in [0.1, 0.15) is 60.5 Å². The van der Waals surface area contributed by atoms with Gasteiger partial charge < -0.3 is 14.5 Å². The molecule has 0 atom stereocenters. The first-order chi connectivity index (χ1) is 15.8. The molecule has 4 rings (SSSR count). The lowest BCUT2D eigenvalue weighted by molar-refractivity contribution is -0.113. The van der Waals surface area contributed by atoms with Gasteiger partial charge in [0.25, 0.3) is 5.22 Å². The van der Waals surface area contributed by atoms with Crippen LogP contribution in [-0.4, -0.2) is 34.4 Å². The highest BCUT2D eigenvalue weighted by atomic mass is 32.2. The Hall–Kier alpha value is -2.65. The molecule has 0 bridgehead atoms. The number of aryl methyl sites for hydroxylation is 1. The van der Waals surface area contributed by atoms with Crippen LogP contribution in [0.2, 0.25) is 0 Å². The third-order valence-corrected chi connectivity index (χ3v) is 7.41. The van der Waals surface area contributed by atoms with E-state index in [1.807, 2.05) is 12.1 Å². The van der Waals surface area contributed by atoms with Crippen LogP contribution in [0, 0.1) is 0 Å². The third kappa shape index (κ3) is 5.30. The fraction of sp³-hybridized carbons (Fsp3) is 0.417. The van der Waals surface area contributed by atoms with Crippen molar-refractivity contribution in [3.8, 4) is 11.5 Å². The number of nitrogens with zero attached hydrogens (tertiary/aromatic N) is 2. The Bertz CT molecular complexity index is 1160. The zero-order valence-electron chi connectivity index (χ0n) is 19.2. The van der Waals surface area contributed by atoms with Gasteiger partial charge in [0.05, 0.1) is 17.9 Å². The van der Waals surface area contributed by atoms with Gasteiger partial charge in [-0.25, -0.2) is 4.79 Å². The number of hydrogen-bond acceptors (Lipinski definition) is 8. The van der Waals surface area contributed by atoms with E-state index in [4.69, 9.17) is 9.15 Å². The van der Waals surface area contributed by atoms with Crippen molar-refractivity contribution < 1.29 is 18.7 Å². The maximum absolute atomic E-state index is 12.6. The molecule has 1 amide bonds. The van der Waals surface area contributed by atoms with Gasteiger partial charge in [-0.05, 0) is 54.9 Å². The summed E-state index contributed by atoms with van der Waals surface area (Å²) in [7, 11) is 0. The van der Waals surface area contributed by atoms with Crippen molar-refractivity contribution >= 4 is 40.0 Å². The van der Waals surface area contributed by atoms with Gasteiger partial charge in [0, 0.05) is 10.4 Å². The van der Waals surface area contributed by atoms with Crippen LogP contribution in [0.4, 0.5) is 5.00 Å². The number of benzene rings is 1. The van der Waals surface area contributed by atoms with E-state index in [9.17, 15) is 9.59 Å². The van der Waals surface area contributed by atoms with E-state index >= 15 is 0 Å². The normalized spacial score (nSPS) is 13.1. The number of hydrogen-bond donors (Lipinski definition) is 1. The molecule has 1 aromatic carbocycles. The van der Waals surface area contributed by atoms with Crippen molar-refractivity contribution in [1.82, 2.24) is 10.2 Å². The SMILES string of the molecule is CCOC(=O)c1c(NC(=O)CSc2nnc(-c3ccc(C(C)(C)C)cc3)o2)sc2c1CCC2. The van der Waals surface area contributed by atoms with Gasteiger partial charge in [0.1, 0.15) is 5.00 Å². The van der Waals surface area contributed by atoms with Crippen LogP contribution in [0.3, 0.4) is 0 Å². The van der Waals surface area contributed by atoms with Gasteiger partial charge in [-0.1, -0.05) is 44.7 Å². The number of carbonyl (C=O) groups excluding carboxylic acids is 2. The number of thioether (sulfide) groups is 1. The number of amides is 1. The zero-order chi connectivity index (χ0) is 23.6. The number of fused-ring (bicyclic) bond motifs is 1. The standard InChI is InChI=1S/C24H27N3O4S2/c1-5-30-22(29)19-16-7-6-8-17(16)33-21(19)25-18(28)13-32-23-27-26-20(31-23)14-9-11-15(12-10-14)24(2,3)4/h9-12H,5-8,13H2,1-4H3,(H,25,28). The summed E-state index contributed by atoms with van der Waals surface area (Å²) in [6.45, 7) is 8.55. The summed E-state index contributed by atoms with van der Waals surface area (Å²) in [5.74, 6) is -0.105. The molecule has 0 radical (unpaired) electrons. The number of thiophene rings is 1. The van der Waals surface area contributed by atoms with E-state index in [0.29, 0.717) is 28.3 Å². The van der Waals surface area contributed by atoms with Crippen LogP contribution >= 0.6 is 23.1 Å². The van der Waals surface area contributed by atoms with Gasteiger partial charge in [0.15, 0.2) is 0 Å². The highest BCUT2D eigenvalue weighted by Crippen LogP contribution is 2.39. The first-order valence-corrected chi connectivity index (χ1v) is 12.7. The second-order valence-electron chi connectivity index (χ2n) is 8.82. The molecule has 0 unspecified atom stereocenters. The van der Waals surface area contributed by atoms with E-state index < -0.39 is 0 Å². The Morgan fingerprint density at radius 1 is 1.18 bits per heavy atom. The van der Waals surface area contributed by atoms with Gasteiger partial charge in [-0.2, -0.15) is 0 Å². The van der Waals surface area contributed by atoms with E-state index in [1.165, 1.54) is 16.9 Å². The first kappa shape index (κ1) is 23.5. The fourth-order valence-corrected chi connectivity index (χ4v) is 5.56. The summed E-state index contributed by atoms with van der Waals surface area (Å²) in [6, 6.07) is 8.03. The Kier molecular flexibility index (Phi) is 6.90. The minimum Gasteiger partial charge on any atom is -0.462 e. The molecule has 7 nitrogen and oxygen atoms in total. The predicted octanol–water partition coefficient (Wildman–Crippen LogP) is 5.49. The highest BCUT2D eigenvalue weighted by Gasteiger charge is 2.28. The minimum absolute atomic E-state index is 0.0671. The fourth-order valence-electron chi connectivity index (χ4n) is 3.70. The lowest BCUT2D eigenvalue weighted by atomic mass is 9.87. The predicted molar refractivity (Wildman–Crippen MR) is 130 cm³/mol. The number of esters is 1. The molecule has 2 aromatic heterocycles. The van der Waals surface area contributed by atoms with Crippen molar-refractivity contribution in [1.29, 1.82) is 0 Å². The molecular formula is C24H27N3O4S2. The molecule has 0 fully saturated rings. The highest BCUT2D eigenvalue weighted by molar-refractivity contribution is 7.99. The summed E-state index contributed by atoms with van der Waals surface area (Å²) in [5, 5.41) is 11.9. The summed E-state index contributed by atoms with van der Waals surface area (Å²) in [4.78, 5) is 26.2. The van der Waals surface area contributed by atoms with Crippen molar-refractivity contribution in [3.05, 3.63) is 45.8 Å². The number of aromatic nitrogens is 2. The molecule has 2 heterocycles. The molecule has 0 aliphatic heterocycles. The molecule has 174 valence electrons. The summed E-state index contributed by atoms with van der Waals surface area (Å²) in [5.41, 5.74) is 3.64. The largest absolute Gasteiger partial charge is 0.462 e. The van der Waals surface area contributed by atoms with Crippen LogP contribution in [0.5, 0.6) is 0 Å². The van der Waals surface area contributed by atoms with Crippen molar-refractivity contribution in [2.45, 2.75) is 57.6 Å². The molecular weight excluding hydrogens is 458 g/mol. The third-order valence-electron chi connectivity index (χ3n) is 5.38. The average Bonchev–Trinajstić information content (AvgIpc) is 3.48. The molecule has 1 aliphatic carbocycles. The average molecular weight is 486 g/mol. The molecule has 1 N–H and O–H groups in total. The van der Waals surface area contributed by atoms with Gasteiger partial charge in [0.2, 0.25) is 11.8 Å². The van der Waals surface area contributed by atoms with Gasteiger partial charge in [-0.3, -0.25) is 4.79 Å². The van der Waals surface area contributed by atoms with E-state index in [1.54, 1.807) is 6.92 Å². The summed E-state index contributed by atoms with van der Waals surface area (Å²) >= 11 is 2.63. The van der Waals surface area contributed by atoms with Crippen molar-refractivity contribution in [3.63, 3.8) is 0 Å². The van der Waals surface area contributed by atoms with Crippen molar-refractivity contribution in [2.24, 2.45) is 0 Å². The summed E-state index contributed by atoms with van der Waals surface area (Å²) < 4.78 is 10.9. The lowest BCUT2D eigenvalue weighted by Crippen LogP contribution is -2.16. The number of carbonyl (C=O) groups is 2. The monoisotopic (exact) mass is 485 g/mol. The zero-order valence-corrected chi connectivity index (χ0v) is 20.8. The molecule has 33 heavy (non-hydrogen) atoms. The van der Waals surface area contributed by atoms with Crippen molar-refractivity contribution in [2.75, 3.05) is 17.7 Å². The second-order valence-corrected chi connectivity index (χ2v) is 10.9. The first-order valence-electron chi connectivity index (χ1n) is 10.9. The number of rotatable bonds is 7. The maximum Gasteiger partial charge on any atom is 0.341 e. The van der Waals surface area contributed by atoms with Crippen LogP contribution in [0.15, 0.2) is 33.9 Å². The molecule has 0 spiro atoms. The Morgan fingerprint density at radius 3 is 2.64 bits per heavy atom. The molecule has 9 heteroatoms. The molecule has 3 aromatic rings.